The van der Waals surface area contributed by atoms with Gasteiger partial charge in [-0.25, -0.2) is 4.98 Å². The number of carbonyl (C=O) groups is 1. The van der Waals surface area contributed by atoms with Gasteiger partial charge < -0.3 is 14.7 Å². The molecule has 0 bridgehead atoms. The molecule has 2 fully saturated rings. The third-order valence-corrected chi connectivity index (χ3v) is 5.90. The summed E-state index contributed by atoms with van der Waals surface area (Å²) in [5.41, 5.74) is 0.120. The molecule has 5 nitrogen and oxygen atoms in total. The van der Waals surface area contributed by atoms with Crippen LogP contribution in [0.3, 0.4) is 0 Å². The van der Waals surface area contributed by atoms with E-state index in [-0.39, 0.29) is 5.91 Å². The molecule has 6 heteroatoms. The second kappa shape index (κ2) is 6.26. The van der Waals surface area contributed by atoms with E-state index in [0.29, 0.717) is 37.5 Å². The quantitative estimate of drug-likeness (QED) is 0.907. The molecule has 1 amide bonds. The molecule has 2 aliphatic rings. The number of ether oxygens (including phenoxy) is 1. The molecule has 0 aliphatic carbocycles. The summed E-state index contributed by atoms with van der Waals surface area (Å²) in [7, 11) is 0. The molecule has 122 valence electrons. The minimum absolute atomic E-state index is 0.00305. The van der Waals surface area contributed by atoms with Gasteiger partial charge in [0.05, 0.1) is 16.7 Å². The SMILES string of the molecule is CC(C)c1nc(C(=O)N2CCC3(CC2)OCCC[C@H]3O)cs1. The molecule has 2 aliphatic heterocycles. The van der Waals surface area contributed by atoms with Gasteiger partial charge in [0.2, 0.25) is 0 Å². The number of amides is 1. The molecule has 1 aromatic rings. The summed E-state index contributed by atoms with van der Waals surface area (Å²) in [5.74, 6) is 0.352. The Balaban J connectivity index is 1.64. The first-order valence-corrected chi connectivity index (χ1v) is 8.96. The van der Waals surface area contributed by atoms with Gasteiger partial charge in [-0.1, -0.05) is 13.8 Å². The van der Waals surface area contributed by atoms with E-state index in [2.05, 4.69) is 18.8 Å². The van der Waals surface area contributed by atoms with Crippen LogP contribution in [0, 0.1) is 0 Å². The molecule has 2 saturated heterocycles. The molecule has 22 heavy (non-hydrogen) atoms. The van der Waals surface area contributed by atoms with E-state index >= 15 is 0 Å². The number of thiazole rings is 1. The smallest absolute Gasteiger partial charge is 0.273 e. The largest absolute Gasteiger partial charge is 0.390 e. The van der Waals surface area contributed by atoms with Gasteiger partial charge in [0.1, 0.15) is 5.69 Å². The maximum Gasteiger partial charge on any atom is 0.273 e. The molecule has 3 rings (SSSR count). The summed E-state index contributed by atoms with van der Waals surface area (Å²) < 4.78 is 5.89. The number of aliphatic hydroxyl groups excluding tert-OH is 1. The molecule has 1 atom stereocenters. The highest BCUT2D eigenvalue weighted by Gasteiger charge is 2.44. The van der Waals surface area contributed by atoms with E-state index in [9.17, 15) is 9.90 Å². The topological polar surface area (TPSA) is 62.7 Å². The lowest BCUT2D eigenvalue weighted by atomic mass is 9.82. The second-order valence-corrected chi connectivity index (χ2v) is 7.48. The fraction of sp³-hybridized carbons (Fsp3) is 0.750. The minimum Gasteiger partial charge on any atom is -0.390 e. The molecule has 0 aromatic carbocycles. The molecule has 3 heterocycles. The molecule has 0 unspecified atom stereocenters. The number of carbonyl (C=O) groups excluding carboxylic acids is 1. The summed E-state index contributed by atoms with van der Waals surface area (Å²) in [5, 5.41) is 13.1. The van der Waals surface area contributed by atoms with Crippen LogP contribution in [0.2, 0.25) is 0 Å². The summed E-state index contributed by atoms with van der Waals surface area (Å²) >= 11 is 1.55. The Bertz CT molecular complexity index is 535. The highest BCUT2D eigenvalue weighted by molar-refractivity contribution is 7.09. The molecule has 1 aromatic heterocycles. The average molecular weight is 324 g/mol. The predicted molar refractivity (Wildman–Crippen MR) is 85.3 cm³/mol. The summed E-state index contributed by atoms with van der Waals surface area (Å²) in [4.78, 5) is 18.8. The lowest BCUT2D eigenvalue weighted by molar-refractivity contribution is -0.174. The van der Waals surface area contributed by atoms with Gasteiger partial charge in [0.25, 0.3) is 5.91 Å². The lowest BCUT2D eigenvalue weighted by Gasteiger charge is -2.46. The Morgan fingerprint density at radius 2 is 2.23 bits per heavy atom. The predicted octanol–water partition coefficient (Wildman–Crippen LogP) is 2.41. The first-order valence-electron chi connectivity index (χ1n) is 8.08. The van der Waals surface area contributed by atoms with Gasteiger partial charge in [-0.3, -0.25) is 4.79 Å². The second-order valence-electron chi connectivity index (χ2n) is 6.59. The van der Waals surface area contributed by atoms with Crippen LogP contribution < -0.4 is 0 Å². The number of nitrogens with zero attached hydrogens (tertiary/aromatic N) is 2. The maximum absolute atomic E-state index is 12.6. The Kier molecular flexibility index (Phi) is 4.52. The van der Waals surface area contributed by atoms with E-state index < -0.39 is 11.7 Å². The third-order valence-electron chi connectivity index (χ3n) is 4.75. The fourth-order valence-corrected chi connectivity index (χ4v) is 4.10. The van der Waals surface area contributed by atoms with E-state index in [1.165, 1.54) is 0 Å². The molecular weight excluding hydrogens is 300 g/mol. The summed E-state index contributed by atoms with van der Waals surface area (Å²) in [6, 6.07) is 0. The van der Waals surface area contributed by atoms with Gasteiger partial charge in [0, 0.05) is 31.0 Å². The number of hydrogen-bond donors (Lipinski definition) is 1. The standard InChI is InChI=1S/C16H24N2O3S/c1-11(2)14-17-12(10-22-14)15(20)18-7-5-16(6-8-18)13(19)4-3-9-21-16/h10-11,13,19H,3-9H2,1-2H3/t13-/m1/s1. The highest BCUT2D eigenvalue weighted by Crippen LogP contribution is 2.35. The third kappa shape index (κ3) is 2.92. The van der Waals surface area contributed by atoms with Crippen molar-refractivity contribution in [2.75, 3.05) is 19.7 Å². The van der Waals surface area contributed by atoms with Crippen LogP contribution >= 0.6 is 11.3 Å². The van der Waals surface area contributed by atoms with Crippen molar-refractivity contribution in [3.05, 3.63) is 16.1 Å². The van der Waals surface area contributed by atoms with Gasteiger partial charge in [-0.15, -0.1) is 11.3 Å². The monoisotopic (exact) mass is 324 g/mol. The van der Waals surface area contributed by atoms with E-state index in [1.54, 1.807) is 11.3 Å². The molecule has 1 spiro atoms. The van der Waals surface area contributed by atoms with Crippen molar-refractivity contribution in [1.29, 1.82) is 0 Å². The van der Waals surface area contributed by atoms with Crippen LogP contribution in [-0.2, 0) is 4.74 Å². The minimum atomic E-state index is -0.430. The van der Waals surface area contributed by atoms with E-state index in [0.717, 1.165) is 24.5 Å². The Morgan fingerprint density at radius 1 is 1.50 bits per heavy atom. The normalized spacial score (nSPS) is 24.9. The average Bonchev–Trinajstić information content (AvgIpc) is 3.01. The first-order chi connectivity index (χ1) is 10.5. The van der Waals surface area contributed by atoms with Crippen LogP contribution in [0.15, 0.2) is 5.38 Å². The van der Waals surface area contributed by atoms with Gasteiger partial charge >= 0.3 is 0 Å². The molecule has 0 radical (unpaired) electrons. The zero-order valence-corrected chi connectivity index (χ0v) is 14.1. The van der Waals surface area contributed by atoms with Crippen molar-refractivity contribution in [2.45, 2.75) is 57.2 Å². The van der Waals surface area contributed by atoms with Crippen LogP contribution in [-0.4, -0.2) is 52.3 Å². The van der Waals surface area contributed by atoms with Gasteiger partial charge in [-0.05, 0) is 25.7 Å². The fourth-order valence-electron chi connectivity index (χ4n) is 3.29. The van der Waals surface area contributed by atoms with Crippen LogP contribution in [0.25, 0.3) is 0 Å². The summed E-state index contributed by atoms with van der Waals surface area (Å²) in [6.07, 6.45) is 2.74. The van der Waals surface area contributed by atoms with Crippen molar-refractivity contribution in [2.24, 2.45) is 0 Å². The van der Waals surface area contributed by atoms with Crippen LogP contribution in [0.5, 0.6) is 0 Å². The molecular formula is C16H24N2O3S. The molecule has 1 N–H and O–H groups in total. The number of hydrogen-bond acceptors (Lipinski definition) is 5. The van der Waals surface area contributed by atoms with Crippen molar-refractivity contribution < 1.29 is 14.6 Å². The Hall–Kier alpha value is -0.980. The zero-order chi connectivity index (χ0) is 15.7. The zero-order valence-electron chi connectivity index (χ0n) is 13.2. The van der Waals surface area contributed by atoms with Crippen LogP contribution in [0.4, 0.5) is 0 Å². The molecule has 0 saturated carbocycles. The van der Waals surface area contributed by atoms with Crippen molar-refractivity contribution >= 4 is 17.2 Å². The van der Waals surface area contributed by atoms with Gasteiger partial charge in [0.15, 0.2) is 0 Å². The Labute approximate surface area is 135 Å². The first kappa shape index (κ1) is 15.9. The lowest BCUT2D eigenvalue weighted by Crippen LogP contribution is -2.56. The number of aliphatic hydroxyl groups is 1. The van der Waals surface area contributed by atoms with Crippen LogP contribution in [0.1, 0.15) is 60.9 Å². The van der Waals surface area contributed by atoms with Crippen molar-refractivity contribution in [3.63, 3.8) is 0 Å². The maximum atomic E-state index is 12.6. The number of piperidine rings is 1. The Morgan fingerprint density at radius 3 is 2.82 bits per heavy atom. The number of rotatable bonds is 2. The summed E-state index contributed by atoms with van der Waals surface area (Å²) in [6.45, 7) is 6.14. The van der Waals surface area contributed by atoms with Crippen molar-refractivity contribution in [3.8, 4) is 0 Å². The number of likely N-dealkylation sites (tertiary alicyclic amines) is 1. The van der Waals surface area contributed by atoms with Gasteiger partial charge in [-0.2, -0.15) is 0 Å². The number of aromatic nitrogens is 1. The van der Waals surface area contributed by atoms with E-state index in [1.807, 2.05) is 10.3 Å². The van der Waals surface area contributed by atoms with Crippen molar-refractivity contribution in [1.82, 2.24) is 9.88 Å². The highest BCUT2D eigenvalue weighted by atomic mass is 32.1. The van der Waals surface area contributed by atoms with E-state index in [4.69, 9.17) is 4.74 Å².